The first-order chi connectivity index (χ1) is 17.6. The van der Waals surface area contributed by atoms with Gasteiger partial charge < -0.3 is 9.47 Å². The fourth-order valence-electron chi connectivity index (χ4n) is 4.02. The summed E-state index contributed by atoms with van der Waals surface area (Å²) in [6.45, 7) is 7.44. The fourth-order valence-corrected chi connectivity index (χ4v) is 5.00. The van der Waals surface area contributed by atoms with Gasteiger partial charge in [-0.2, -0.15) is 8.42 Å². The maximum Gasteiger partial charge on any atom is 0.281 e. The van der Waals surface area contributed by atoms with E-state index in [2.05, 4.69) is 14.7 Å². The van der Waals surface area contributed by atoms with Crippen molar-refractivity contribution in [1.29, 1.82) is 0 Å². The number of ether oxygens (including phenoxy) is 2. The van der Waals surface area contributed by atoms with Crippen molar-refractivity contribution in [3.8, 4) is 28.6 Å². The molecule has 0 spiro atoms. The number of amides is 1. The molecule has 0 bridgehead atoms. The molecule has 1 amide bonds. The Morgan fingerprint density at radius 2 is 1.57 bits per heavy atom. The van der Waals surface area contributed by atoms with Gasteiger partial charge in [0, 0.05) is 11.3 Å². The lowest BCUT2D eigenvalue weighted by molar-refractivity contribution is 0.0978. The molecule has 4 rings (SSSR count). The molecule has 2 aromatic heterocycles. The number of hydrogen-bond acceptors (Lipinski definition) is 7. The molecule has 0 fully saturated rings. The second-order valence-electron chi connectivity index (χ2n) is 8.63. The van der Waals surface area contributed by atoms with E-state index in [9.17, 15) is 13.2 Å². The molecule has 37 heavy (non-hydrogen) atoms. The predicted molar refractivity (Wildman–Crippen MR) is 141 cm³/mol. The van der Waals surface area contributed by atoms with E-state index in [0.29, 0.717) is 28.5 Å². The first-order valence-corrected chi connectivity index (χ1v) is 13.0. The highest BCUT2D eigenvalue weighted by Gasteiger charge is 2.25. The van der Waals surface area contributed by atoms with Gasteiger partial charge in [0.15, 0.2) is 5.03 Å². The number of nitrogens with one attached hydrogen (secondary N) is 1. The minimum atomic E-state index is -4.23. The normalized spacial score (nSPS) is 11.2. The average molecular weight is 518 g/mol. The van der Waals surface area contributed by atoms with Gasteiger partial charge >= 0.3 is 0 Å². The van der Waals surface area contributed by atoms with Crippen molar-refractivity contribution in [2.45, 2.75) is 32.7 Å². The number of methoxy groups -OCH3 is 1. The van der Waals surface area contributed by atoms with Gasteiger partial charge in [0.05, 0.1) is 12.8 Å². The standard InChI is InChI=1S/C28H27N3O5S/c1-17-15-18(2)26(19(3)16-17)36-28-22(13-14-23(30-28)21-10-6-7-11-24(21)35-5)27(32)31-37(33,34)25-12-8-9-20(4)29-25/h6-16H,1-5H3,(H,31,32). The van der Waals surface area contributed by atoms with E-state index in [1.807, 2.05) is 51.1 Å². The lowest BCUT2D eigenvalue weighted by atomic mass is 10.1. The number of pyridine rings is 2. The number of carbonyl (C=O) groups is 1. The van der Waals surface area contributed by atoms with Gasteiger partial charge in [-0.3, -0.25) is 4.79 Å². The second kappa shape index (κ2) is 10.4. The Morgan fingerprint density at radius 3 is 2.24 bits per heavy atom. The number of benzene rings is 2. The zero-order chi connectivity index (χ0) is 26.7. The van der Waals surface area contributed by atoms with Crippen LogP contribution in [-0.4, -0.2) is 31.4 Å². The van der Waals surface area contributed by atoms with Crippen LogP contribution in [0.15, 0.2) is 71.8 Å². The van der Waals surface area contributed by atoms with Crippen LogP contribution in [0.5, 0.6) is 17.4 Å². The van der Waals surface area contributed by atoms with Crippen LogP contribution in [0, 0.1) is 27.7 Å². The summed E-state index contributed by atoms with van der Waals surface area (Å²) in [5.41, 5.74) is 4.41. The van der Waals surface area contributed by atoms with Crippen molar-refractivity contribution < 1.29 is 22.7 Å². The smallest absolute Gasteiger partial charge is 0.281 e. The summed E-state index contributed by atoms with van der Waals surface area (Å²) < 4.78 is 39.5. The van der Waals surface area contributed by atoms with Crippen molar-refractivity contribution in [3.63, 3.8) is 0 Å². The van der Waals surface area contributed by atoms with E-state index in [1.54, 1.807) is 38.3 Å². The first kappa shape index (κ1) is 25.8. The summed E-state index contributed by atoms with van der Waals surface area (Å²) in [6.07, 6.45) is 0. The molecule has 0 radical (unpaired) electrons. The molecule has 2 aromatic carbocycles. The molecular weight excluding hydrogens is 490 g/mol. The fraction of sp³-hybridized carbons (Fsp3) is 0.179. The molecule has 8 nitrogen and oxygen atoms in total. The molecular formula is C28H27N3O5S. The molecule has 4 aromatic rings. The van der Waals surface area contributed by atoms with Crippen LogP contribution in [0.1, 0.15) is 32.7 Å². The second-order valence-corrected chi connectivity index (χ2v) is 10.3. The Bertz CT molecular complexity index is 1580. The molecule has 2 heterocycles. The molecule has 0 aliphatic carbocycles. The number of sulfonamides is 1. The lowest BCUT2D eigenvalue weighted by Gasteiger charge is -2.16. The molecule has 190 valence electrons. The number of aromatic nitrogens is 2. The van der Waals surface area contributed by atoms with Gasteiger partial charge in [0.1, 0.15) is 17.1 Å². The van der Waals surface area contributed by atoms with Crippen molar-refractivity contribution >= 4 is 15.9 Å². The highest BCUT2D eigenvalue weighted by atomic mass is 32.2. The highest BCUT2D eigenvalue weighted by molar-refractivity contribution is 7.90. The number of carbonyl (C=O) groups excluding carboxylic acids is 1. The summed E-state index contributed by atoms with van der Waals surface area (Å²) in [7, 11) is -2.67. The Morgan fingerprint density at radius 1 is 0.865 bits per heavy atom. The summed E-state index contributed by atoms with van der Waals surface area (Å²) >= 11 is 0. The number of para-hydroxylation sites is 1. The Kier molecular flexibility index (Phi) is 7.26. The third-order valence-electron chi connectivity index (χ3n) is 5.66. The van der Waals surface area contributed by atoms with Gasteiger partial charge in [0.25, 0.3) is 15.9 Å². The number of hydrogen-bond donors (Lipinski definition) is 1. The lowest BCUT2D eigenvalue weighted by Crippen LogP contribution is -2.31. The summed E-state index contributed by atoms with van der Waals surface area (Å²) in [4.78, 5) is 21.9. The highest BCUT2D eigenvalue weighted by Crippen LogP contribution is 2.34. The van der Waals surface area contributed by atoms with Crippen LogP contribution in [0.4, 0.5) is 0 Å². The van der Waals surface area contributed by atoms with Crippen LogP contribution in [0.3, 0.4) is 0 Å². The third-order valence-corrected chi connectivity index (χ3v) is 6.89. The van der Waals surface area contributed by atoms with E-state index in [1.165, 1.54) is 12.1 Å². The molecule has 9 heteroatoms. The summed E-state index contributed by atoms with van der Waals surface area (Å²) in [5.74, 6) is 0.199. The zero-order valence-electron chi connectivity index (χ0n) is 21.2. The maximum atomic E-state index is 13.3. The Balaban J connectivity index is 1.80. The van der Waals surface area contributed by atoms with Crippen molar-refractivity contribution in [2.75, 3.05) is 7.11 Å². The van der Waals surface area contributed by atoms with E-state index in [0.717, 1.165) is 16.7 Å². The van der Waals surface area contributed by atoms with Crippen LogP contribution in [0.25, 0.3) is 11.3 Å². The Hall–Kier alpha value is -4.24. The number of nitrogens with zero attached hydrogens (tertiary/aromatic N) is 2. The molecule has 1 N–H and O–H groups in total. The van der Waals surface area contributed by atoms with Gasteiger partial charge in [-0.1, -0.05) is 35.9 Å². The Labute approximate surface area is 216 Å². The van der Waals surface area contributed by atoms with Crippen molar-refractivity contribution in [3.05, 3.63) is 94.7 Å². The first-order valence-electron chi connectivity index (χ1n) is 11.5. The zero-order valence-corrected chi connectivity index (χ0v) is 22.0. The molecule has 0 atom stereocenters. The van der Waals surface area contributed by atoms with Crippen LogP contribution in [0.2, 0.25) is 0 Å². The largest absolute Gasteiger partial charge is 0.496 e. The van der Waals surface area contributed by atoms with E-state index < -0.39 is 15.9 Å². The summed E-state index contributed by atoms with van der Waals surface area (Å²) in [5, 5.41) is -0.257. The molecule has 0 saturated heterocycles. The van der Waals surface area contributed by atoms with E-state index in [4.69, 9.17) is 9.47 Å². The SMILES string of the molecule is COc1ccccc1-c1ccc(C(=O)NS(=O)(=O)c2cccc(C)n2)c(Oc2c(C)cc(C)cc2C)n1. The van der Waals surface area contributed by atoms with Crippen LogP contribution >= 0.6 is 0 Å². The van der Waals surface area contributed by atoms with Crippen molar-refractivity contribution in [2.24, 2.45) is 0 Å². The van der Waals surface area contributed by atoms with Crippen molar-refractivity contribution in [1.82, 2.24) is 14.7 Å². The minimum absolute atomic E-state index is 0.0386. The predicted octanol–water partition coefficient (Wildman–Crippen LogP) is 5.30. The average Bonchev–Trinajstić information content (AvgIpc) is 2.85. The molecule has 0 saturated carbocycles. The monoisotopic (exact) mass is 517 g/mol. The van der Waals surface area contributed by atoms with E-state index >= 15 is 0 Å². The van der Waals surface area contributed by atoms with Gasteiger partial charge in [0.2, 0.25) is 5.88 Å². The maximum absolute atomic E-state index is 13.3. The van der Waals surface area contributed by atoms with Gasteiger partial charge in [-0.15, -0.1) is 0 Å². The quantitative estimate of drug-likeness (QED) is 0.355. The van der Waals surface area contributed by atoms with Crippen LogP contribution < -0.4 is 14.2 Å². The van der Waals surface area contributed by atoms with Gasteiger partial charge in [-0.05, 0) is 75.2 Å². The van der Waals surface area contributed by atoms with Crippen LogP contribution in [-0.2, 0) is 10.0 Å². The number of rotatable bonds is 7. The number of aryl methyl sites for hydroxylation is 4. The minimum Gasteiger partial charge on any atom is -0.496 e. The molecule has 0 aliphatic heterocycles. The summed E-state index contributed by atoms with van der Waals surface area (Å²) in [6, 6.07) is 18.9. The van der Waals surface area contributed by atoms with Gasteiger partial charge in [-0.25, -0.2) is 14.7 Å². The molecule has 0 unspecified atom stereocenters. The third kappa shape index (κ3) is 5.62. The van der Waals surface area contributed by atoms with E-state index in [-0.39, 0.29) is 16.5 Å². The topological polar surface area (TPSA) is 107 Å². The molecule has 0 aliphatic rings.